The average Bonchev–Trinajstić information content (AvgIpc) is 2.90. The van der Waals surface area contributed by atoms with Crippen molar-refractivity contribution in [1.29, 1.82) is 0 Å². The summed E-state index contributed by atoms with van der Waals surface area (Å²) in [4.78, 5) is 23.2. The molecule has 2 rings (SSSR count). The molecule has 3 N–H and O–H groups in total. The van der Waals surface area contributed by atoms with Crippen molar-refractivity contribution in [3.05, 3.63) is 35.9 Å². The number of carboxylic acids is 1. The van der Waals surface area contributed by atoms with Gasteiger partial charge in [-0.1, -0.05) is 30.3 Å². The molecule has 1 aliphatic rings. The van der Waals surface area contributed by atoms with Gasteiger partial charge in [-0.2, -0.15) is 0 Å². The molecule has 0 aliphatic carbocycles. The number of carbonyl (C=O) groups is 2. The summed E-state index contributed by atoms with van der Waals surface area (Å²) in [7, 11) is 0. The number of nitrogens with one attached hydrogen (secondary N) is 1. The first-order chi connectivity index (χ1) is 10.7. The lowest BCUT2D eigenvalue weighted by molar-refractivity contribution is -0.177. The van der Waals surface area contributed by atoms with Crippen molar-refractivity contribution in [2.45, 2.75) is 50.4 Å². The smallest absolute Gasteiger partial charge is 0.340 e. The predicted octanol–water partition coefficient (Wildman–Crippen LogP) is 1.12. The van der Waals surface area contributed by atoms with Gasteiger partial charge < -0.3 is 20.3 Å². The molecule has 1 aromatic carbocycles. The second kappa shape index (κ2) is 6.68. The van der Waals surface area contributed by atoms with Gasteiger partial charge in [0.05, 0.1) is 0 Å². The Kier molecular flexibility index (Phi) is 5.06. The summed E-state index contributed by atoms with van der Waals surface area (Å²) in [6.45, 7) is 3.46. The number of β-amino-alcohol motifs (C(OH)–C–C–N with tert-alkyl or cyclic N) is 1. The number of carboxylic acid groups (broad SMARTS) is 1. The Morgan fingerprint density at radius 2 is 2.00 bits per heavy atom. The number of rotatable bonds is 6. The number of ether oxygens (including phenoxy) is 1. The lowest BCUT2D eigenvalue weighted by Crippen LogP contribution is -2.46. The van der Waals surface area contributed by atoms with Crippen LogP contribution in [0.3, 0.4) is 0 Å². The summed E-state index contributed by atoms with van der Waals surface area (Å²) in [5, 5.41) is 21.9. The van der Waals surface area contributed by atoms with E-state index in [1.165, 1.54) is 0 Å². The molecule has 0 bridgehead atoms. The van der Waals surface area contributed by atoms with E-state index in [0.717, 1.165) is 12.0 Å². The van der Waals surface area contributed by atoms with Crippen molar-refractivity contribution < 1.29 is 24.5 Å². The second-order valence-corrected chi connectivity index (χ2v) is 6.64. The third-order valence-electron chi connectivity index (χ3n) is 4.09. The zero-order valence-electron chi connectivity index (χ0n) is 13.4. The van der Waals surface area contributed by atoms with Crippen LogP contribution < -0.4 is 5.32 Å². The monoisotopic (exact) mass is 321 g/mol. The van der Waals surface area contributed by atoms with Crippen LogP contribution in [-0.4, -0.2) is 45.9 Å². The zero-order valence-corrected chi connectivity index (χ0v) is 13.4. The first-order valence-corrected chi connectivity index (χ1v) is 7.68. The quantitative estimate of drug-likeness (QED) is 0.680. The molecule has 1 aromatic rings. The predicted molar refractivity (Wildman–Crippen MR) is 83.9 cm³/mol. The van der Waals surface area contributed by atoms with Gasteiger partial charge in [0.2, 0.25) is 0 Å². The average molecular weight is 321 g/mol. The molecule has 126 valence electrons. The van der Waals surface area contributed by atoms with E-state index in [-0.39, 0.29) is 13.0 Å². The Balaban J connectivity index is 1.91. The molecular formula is C17H23NO5. The molecule has 23 heavy (non-hydrogen) atoms. The van der Waals surface area contributed by atoms with Crippen molar-refractivity contribution in [3.8, 4) is 0 Å². The van der Waals surface area contributed by atoms with Crippen LogP contribution in [0, 0.1) is 0 Å². The number of aliphatic hydroxyl groups is 1. The molecule has 0 spiro atoms. The highest BCUT2D eigenvalue weighted by Gasteiger charge is 2.48. The van der Waals surface area contributed by atoms with E-state index < -0.39 is 29.2 Å². The Hall–Kier alpha value is -1.92. The van der Waals surface area contributed by atoms with Crippen molar-refractivity contribution in [1.82, 2.24) is 5.32 Å². The third-order valence-corrected chi connectivity index (χ3v) is 4.09. The maximum atomic E-state index is 12.3. The van der Waals surface area contributed by atoms with E-state index >= 15 is 0 Å². The van der Waals surface area contributed by atoms with Crippen molar-refractivity contribution >= 4 is 11.9 Å². The number of aryl methyl sites for hydroxylation is 1. The number of benzene rings is 1. The molecule has 0 saturated carbocycles. The minimum Gasteiger partial charge on any atom is -0.480 e. The summed E-state index contributed by atoms with van der Waals surface area (Å²) < 4.78 is 5.45. The van der Waals surface area contributed by atoms with Crippen LogP contribution in [0.15, 0.2) is 30.3 Å². The van der Waals surface area contributed by atoms with Crippen LogP contribution in [0.5, 0.6) is 0 Å². The number of aliphatic carboxylic acids is 1. The molecule has 0 aromatic heterocycles. The molecule has 6 nitrogen and oxygen atoms in total. The first kappa shape index (κ1) is 17.4. The Morgan fingerprint density at radius 1 is 1.35 bits per heavy atom. The van der Waals surface area contributed by atoms with Crippen LogP contribution in [0.1, 0.15) is 32.3 Å². The fraction of sp³-hybridized carbons (Fsp3) is 0.529. The van der Waals surface area contributed by atoms with Gasteiger partial charge in [-0.3, -0.25) is 4.79 Å². The van der Waals surface area contributed by atoms with E-state index in [1.807, 2.05) is 30.3 Å². The van der Waals surface area contributed by atoms with Gasteiger partial charge in [0.25, 0.3) is 0 Å². The van der Waals surface area contributed by atoms with E-state index in [2.05, 4.69) is 5.32 Å². The van der Waals surface area contributed by atoms with E-state index in [1.54, 1.807) is 13.8 Å². The summed E-state index contributed by atoms with van der Waals surface area (Å²) >= 11 is 0. The van der Waals surface area contributed by atoms with Crippen molar-refractivity contribution in [3.63, 3.8) is 0 Å². The number of carbonyl (C=O) groups excluding carboxylic acids is 1. The highest BCUT2D eigenvalue weighted by Crippen LogP contribution is 2.26. The van der Waals surface area contributed by atoms with Crippen LogP contribution in [0.25, 0.3) is 0 Å². The van der Waals surface area contributed by atoms with Crippen molar-refractivity contribution in [2.24, 2.45) is 0 Å². The lowest BCUT2D eigenvalue weighted by atomic mass is 9.96. The number of esters is 1. The van der Waals surface area contributed by atoms with Gasteiger partial charge >= 0.3 is 11.9 Å². The fourth-order valence-corrected chi connectivity index (χ4v) is 2.59. The topological polar surface area (TPSA) is 95.9 Å². The summed E-state index contributed by atoms with van der Waals surface area (Å²) in [6, 6.07) is 8.92. The largest absolute Gasteiger partial charge is 0.480 e. The molecule has 1 saturated heterocycles. The fourth-order valence-electron chi connectivity index (χ4n) is 2.59. The van der Waals surface area contributed by atoms with Gasteiger partial charge in [0.1, 0.15) is 11.6 Å². The molecule has 6 heteroatoms. The Labute approximate surface area is 135 Å². The Bertz CT molecular complexity index is 572. The SMILES string of the molecule is CC(C)(CCc1ccccc1)OC(=O)C1(O)CN[C@H](C(=O)O)C1. The molecule has 1 heterocycles. The van der Waals surface area contributed by atoms with Crippen LogP contribution >= 0.6 is 0 Å². The zero-order chi connectivity index (χ0) is 17.1. The van der Waals surface area contributed by atoms with Crippen LogP contribution in [-0.2, 0) is 20.7 Å². The number of hydrogen-bond acceptors (Lipinski definition) is 5. The molecule has 1 unspecified atom stereocenters. The standard InChI is InChI=1S/C17H23NO5/c1-16(2,9-8-12-6-4-3-5-7-12)23-15(21)17(22)10-13(14(19)20)18-11-17/h3-7,13,18,22H,8-11H2,1-2H3,(H,19,20)/t13-,17?/m0/s1. The Morgan fingerprint density at radius 3 is 2.57 bits per heavy atom. The lowest BCUT2D eigenvalue weighted by Gasteiger charge is -2.29. The van der Waals surface area contributed by atoms with E-state index in [0.29, 0.717) is 6.42 Å². The highest BCUT2D eigenvalue weighted by atomic mass is 16.6. The first-order valence-electron chi connectivity index (χ1n) is 7.68. The van der Waals surface area contributed by atoms with Gasteiger partial charge in [-0.05, 0) is 32.3 Å². The van der Waals surface area contributed by atoms with Crippen LogP contribution in [0.2, 0.25) is 0 Å². The molecule has 2 atom stereocenters. The summed E-state index contributed by atoms with van der Waals surface area (Å²) in [5.41, 5.74) is -1.39. The highest BCUT2D eigenvalue weighted by molar-refractivity contribution is 5.83. The minimum absolute atomic E-state index is 0.114. The molecule has 1 aliphatic heterocycles. The summed E-state index contributed by atoms with van der Waals surface area (Å²) in [6.07, 6.45) is 1.17. The normalized spacial score (nSPS) is 24.4. The van der Waals surface area contributed by atoms with Crippen LogP contribution in [0.4, 0.5) is 0 Å². The van der Waals surface area contributed by atoms with Gasteiger partial charge in [-0.15, -0.1) is 0 Å². The maximum Gasteiger partial charge on any atom is 0.340 e. The minimum atomic E-state index is -1.78. The maximum absolute atomic E-state index is 12.3. The molecule has 0 radical (unpaired) electrons. The third kappa shape index (κ3) is 4.53. The van der Waals surface area contributed by atoms with E-state index in [4.69, 9.17) is 9.84 Å². The van der Waals surface area contributed by atoms with Gasteiger partial charge in [-0.25, -0.2) is 4.79 Å². The second-order valence-electron chi connectivity index (χ2n) is 6.64. The molecule has 0 amide bonds. The van der Waals surface area contributed by atoms with Gasteiger partial charge in [0.15, 0.2) is 5.60 Å². The van der Waals surface area contributed by atoms with Gasteiger partial charge in [0, 0.05) is 13.0 Å². The number of hydrogen-bond donors (Lipinski definition) is 3. The van der Waals surface area contributed by atoms with E-state index in [9.17, 15) is 14.7 Å². The molecular weight excluding hydrogens is 298 g/mol. The summed E-state index contributed by atoms with van der Waals surface area (Å²) in [5.74, 6) is -1.86. The van der Waals surface area contributed by atoms with Crippen molar-refractivity contribution in [2.75, 3.05) is 6.54 Å². The molecule has 1 fully saturated rings.